The molecule has 4 rings (SSSR count). The van der Waals surface area contributed by atoms with Gasteiger partial charge in [-0.3, -0.25) is 4.79 Å². The van der Waals surface area contributed by atoms with Gasteiger partial charge < -0.3 is 10.6 Å². The number of halogens is 1. The molecule has 1 aliphatic heterocycles. The lowest BCUT2D eigenvalue weighted by Crippen LogP contribution is -2.33. The highest BCUT2D eigenvalue weighted by molar-refractivity contribution is 5.95. The summed E-state index contributed by atoms with van der Waals surface area (Å²) in [7, 11) is 0. The molecule has 1 aromatic carbocycles. The average molecular weight is 347 g/mol. The van der Waals surface area contributed by atoms with Gasteiger partial charge in [0, 0.05) is 25.3 Å². The molecule has 2 heterocycles. The molecule has 2 aliphatic rings. The molecule has 3 unspecified atom stereocenters. The summed E-state index contributed by atoms with van der Waals surface area (Å²) in [5, 5.41) is 4.50. The normalized spacial score (nSPS) is 25.4. The molecule has 2 fully saturated rings. The first-order chi connectivity index (χ1) is 11.1. The van der Waals surface area contributed by atoms with Crippen LogP contribution < -0.4 is 5.73 Å². The highest BCUT2D eigenvalue weighted by atomic mass is 35.5. The third-order valence-corrected chi connectivity index (χ3v) is 5.35. The van der Waals surface area contributed by atoms with Crippen molar-refractivity contribution in [2.45, 2.75) is 25.8 Å². The molecular weight excluding hydrogens is 324 g/mol. The van der Waals surface area contributed by atoms with Gasteiger partial charge in [0.25, 0.3) is 5.91 Å². The predicted molar refractivity (Wildman–Crippen MR) is 95.6 cm³/mol. The first-order valence-electron chi connectivity index (χ1n) is 8.30. The van der Waals surface area contributed by atoms with E-state index < -0.39 is 0 Å². The molecule has 1 saturated heterocycles. The Morgan fingerprint density at radius 2 is 1.96 bits per heavy atom. The van der Waals surface area contributed by atoms with Crippen molar-refractivity contribution in [2.75, 3.05) is 13.1 Å². The molecule has 0 radical (unpaired) electrons. The second kappa shape index (κ2) is 6.57. The van der Waals surface area contributed by atoms with Crippen LogP contribution in [-0.2, 0) is 0 Å². The number of rotatable bonds is 2. The molecule has 6 heteroatoms. The van der Waals surface area contributed by atoms with Gasteiger partial charge in [-0.05, 0) is 43.7 Å². The Morgan fingerprint density at radius 3 is 2.67 bits per heavy atom. The molecule has 2 aromatic rings. The summed E-state index contributed by atoms with van der Waals surface area (Å²) in [5.74, 6) is 1.15. The zero-order valence-corrected chi connectivity index (χ0v) is 14.6. The maximum Gasteiger partial charge on any atom is 0.257 e. The van der Waals surface area contributed by atoms with Crippen molar-refractivity contribution in [1.82, 2.24) is 14.7 Å². The van der Waals surface area contributed by atoms with E-state index in [2.05, 4.69) is 5.10 Å². The first-order valence-corrected chi connectivity index (χ1v) is 8.30. The van der Waals surface area contributed by atoms with Gasteiger partial charge in [-0.2, -0.15) is 5.10 Å². The molecule has 3 atom stereocenters. The van der Waals surface area contributed by atoms with Crippen LogP contribution in [0.1, 0.15) is 28.9 Å². The number of hydrogen-bond donors (Lipinski definition) is 1. The smallest absolute Gasteiger partial charge is 0.257 e. The van der Waals surface area contributed by atoms with E-state index in [4.69, 9.17) is 5.73 Å². The van der Waals surface area contributed by atoms with Crippen molar-refractivity contribution in [2.24, 2.45) is 17.6 Å². The number of carbonyl (C=O) groups is 1. The van der Waals surface area contributed by atoms with Gasteiger partial charge in [0.15, 0.2) is 0 Å². The topological polar surface area (TPSA) is 64.2 Å². The lowest BCUT2D eigenvalue weighted by Gasteiger charge is -2.18. The lowest BCUT2D eigenvalue weighted by atomic mass is 9.98. The van der Waals surface area contributed by atoms with Crippen LogP contribution in [0.15, 0.2) is 36.5 Å². The number of nitrogens with two attached hydrogens (primary N) is 1. The minimum Gasteiger partial charge on any atom is -0.338 e. The van der Waals surface area contributed by atoms with Crippen LogP contribution in [-0.4, -0.2) is 39.7 Å². The van der Waals surface area contributed by atoms with Gasteiger partial charge in [-0.15, -0.1) is 12.4 Å². The Labute approximate surface area is 148 Å². The molecular formula is C18H23ClN4O. The molecule has 1 aliphatic carbocycles. The Hall–Kier alpha value is -1.85. The fraction of sp³-hybridized carbons (Fsp3) is 0.444. The van der Waals surface area contributed by atoms with E-state index in [0.29, 0.717) is 17.4 Å². The molecule has 2 N–H and O–H groups in total. The van der Waals surface area contributed by atoms with Crippen molar-refractivity contribution in [3.63, 3.8) is 0 Å². The molecule has 5 nitrogen and oxygen atoms in total. The summed E-state index contributed by atoms with van der Waals surface area (Å²) >= 11 is 0. The van der Waals surface area contributed by atoms with E-state index in [9.17, 15) is 4.79 Å². The summed E-state index contributed by atoms with van der Waals surface area (Å²) in [6.07, 6.45) is 4.10. The van der Waals surface area contributed by atoms with Crippen LogP contribution in [0.3, 0.4) is 0 Å². The van der Waals surface area contributed by atoms with E-state index in [1.807, 2.05) is 48.4 Å². The quantitative estimate of drug-likeness (QED) is 0.908. The number of likely N-dealkylation sites (tertiary alicyclic amines) is 1. The van der Waals surface area contributed by atoms with Crippen LogP contribution in [0.2, 0.25) is 0 Å². The number of aryl methyl sites for hydroxylation is 1. The standard InChI is InChI=1S/C18H22N4O.ClH/c1-12-15(11-22(20-12)14-5-3-2-4-6-14)18(23)21-9-13-7-8-17(19)16(13)10-21;/h2-6,11,13,16-17H,7-10,19H2,1H3;1H. The summed E-state index contributed by atoms with van der Waals surface area (Å²) < 4.78 is 1.78. The maximum atomic E-state index is 12.9. The highest BCUT2D eigenvalue weighted by Crippen LogP contribution is 2.37. The van der Waals surface area contributed by atoms with E-state index in [-0.39, 0.29) is 24.4 Å². The van der Waals surface area contributed by atoms with Crippen molar-refractivity contribution in [3.05, 3.63) is 47.8 Å². The molecule has 1 saturated carbocycles. The van der Waals surface area contributed by atoms with Crippen molar-refractivity contribution < 1.29 is 4.79 Å². The summed E-state index contributed by atoms with van der Waals surface area (Å²) in [6.45, 7) is 3.53. The van der Waals surface area contributed by atoms with Gasteiger partial charge in [-0.1, -0.05) is 18.2 Å². The van der Waals surface area contributed by atoms with E-state index in [0.717, 1.165) is 37.3 Å². The zero-order chi connectivity index (χ0) is 16.0. The van der Waals surface area contributed by atoms with E-state index in [1.54, 1.807) is 4.68 Å². The Bertz CT molecular complexity index is 730. The number of aromatic nitrogens is 2. The fourth-order valence-corrected chi connectivity index (χ4v) is 4.03. The first kappa shape index (κ1) is 17.0. The summed E-state index contributed by atoms with van der Waals surface area (Å²) in [5.41, 5.74) is 8.62. The van der Waals surface area contributed by atoms with Crippen molar-refractivity contribution in [3.8, 4) is 5.69 Å². The van der Waals surface area contributed by atoms with Gasteiger partial charge >= 0.3 is 0 Å². The minimum atomic E-state index is 0. The predicted octanol–water partition coefficient (Wildman–Crippen LogP) is 2.41. The van der Waals surface area contributed by atoms with Gasteiger partial charge in [0.2, 0.25) is 0 Å². The SMILES string of the molecule is Cc1nn(-c2ccccc2)cc1C(=O)N1CC2CCC(N)C2C1.Cl. The molecule has 1 amide bonds. The maximum absolute atomic E-state index is 12.9. The zero-order valence-electron chi connectivity index (χ0n) is 13.8. The number of amides is 1. The average Bonchev–Trinajstić information content (AvgIpc) is 3.24. The Kier molecular flexibility index (Phi) is 4.65. The lowest BCUT2D eigenvalue weighted by molar-refractivity contribution is 0.0779. The third kappa shape index (κ3) is 2.82. The number of benzene rings is 1. The van der Waals surface area contributed by atoms with Gasteiger partial charge in [0.1, 0.15) is 0 Å². The second-order valence-electron chi connectivity index (χ2n) is 6.78. The van der Waals surface area contributed by atoms with Crippen molar-refractivity contribution in [1.29, 1.82) is 0 Å². The van der Waals surface area contributed by atoms with Crippen LogP contribution in [0.4, 0.5) is 0 Å². The van der Waals surface area contributed by atoms with E-state index in [1.165, 1.54) is 0 Å². The third-order valence-electron chi connectivity index (χ3n) is 5.35. The number of para-hydroxylation sites is 1. The molecule has 0 bridgehead atoms. The number of hydrogen-bond acceptors (Lipinski definition) is 3. The van der Waals surface area contributed by atoms with Crippen LogP contribution >= 0.6 is 12.4 Å². The molecule has 24 heavy (non-hydrogen) atoms. The van der Waals surface area contributed by atoms with Crippen LogP contribution in [0.25, 0.3) is 5.69 Å². The summed E-state index contributed by atoms with van der Waals surface area (Å²) in [6, 6.07) is 10.1. The molecule has 1 aromatic heterocycles. The summed E-state index contributed by atoms with van der Waals surface area (Å²) in [4.78, 5) is 14.8. The highest BCUT2D eigenvalue weighted by Gasteiger charge is 2.42. The van der Waals surface area contributed by atoms with Gasteiger partial charge in [0.05, 0.1) is 16.9 Å². The fourth-order valence-electron chi connectivity index (χ4n) is 4.03. The number of fused-ring (bicyclic) bond motifs is 1. The molecule has 128 valence electrons. The number of carbonyl (C=O) groups excluding carboxylic acids is 1. The van der Waals surface area contributed by atoms with Gasteiger partial charge in [-0.25, -0.2) is 4.68 Å². The monoisotopic (exact) mass is 346 g/mol. The molecule has 0 spiro atoms. The number of nitrogens with zero attached hydrogens (tertiary/aromatic N) is 3. The van der Waals surface area contributed by atoms with Crippen LogP contribution in [0, 0.1) is 18.8 Å². The Balaban J connectivity index is 0.00000169. The largest absolute Gasteiger partial charge is 0.338 e. The van der Waals surface area contributed by atoms with Crippen molar-refractivity contribution >= 4 is 18.3 Å². The minimum absolute atomic E-state index is 0. The Morgan fingerprint density at radius 1 is 1.21 bits per heavy atom. The van der Waals surface area contributed by atoms with E-state index >= 15 is 0 Å². The second-order valence-corrected chi connectivity index (χ2v) is 6.78. The van der Waals surface area contributed by atoms with Crippen LogP contribution in [0.5, 0.6) is 0 Å².